The average molecular weight is 261 g/mol. The van der Waals surface area contributed by atoms with Crippen molar-refractivity contribution in [1.82, 2.24) is 4.98 Å². The third kappa shape index (κ3) is 2.40. The molecule has 1 aromatic heterocycles. The second-order valence-corrected chi connectivity index (χ2v) is 3.82. The molecule has 1 N–H and O–H groups in total. The van der Waals surface area contributed by atoms with E-state index in [0.717, 1.165) is 11.1 Å². The van der Waals surface area contributed by atoms with Gasteiger partial charge in [-0.05, 0) is 18.2 Å². The quantitative estimate of drug-likeness (QED) is 0.915. The first-order valence-electron chi connectivity index (χ1n) is 5.69. The van der Waals surface area contributed by atoms with Crippen LogP contribution < -0.4 is 19.8 Å². The average Bonchev–Trinajstić information content (AvgIpc) is 2.46. The first kappa shape index (κ1) is 13.0. The lowest BCUT2D eigenvalue weighted by atomic mass is 10.1. The van der Waals surface area contributed by atoms with E-state index in [-0.39, 0.29) is 5.56 Å². The maximum absolute atomic E-state index is 11.1. The third-order valence-electron chi connectivity index (χ3n) is 2.80. The van der Waals surface area contributed by atoms with Gasteiger partial charge in [0.1, 0.15) is 0 Å². The SMILES string of the molecule is COc1ccc(-c2ccc(=O)[nH]c2)c(OC)c1OC. The molecule has 0 unspecified atom stereocenters. The van der Waals surface area contributed by atoms with Gasteiger partial charge in [-0.1, -0.05) is 0 Å². The Morgan fingerprint density at radius 1 is 0.895 bits per heavy atom. The van der Waals surface area contributed by atoms with Crippen molar-refractivity contribution in [3.05, 3.63) is 40.8 Å². The summed E-state index contributed by atoms with van der Waals surface area (Å²) in [7, 11) is 4.68. The molecule has 0 aliphatic rings. The van der Waals surface area contributed by atoms with Crippen molar-refractivity contribution < 1.29 is 14.2 Å². The van der Waals surface area contributed by atoms with Crippen LogP contribution in [-0.4, -0.2) is 26.3 Å². The van der Waals surface area contributed by atoms with Gasteiger partial charge in [-0.25, -0.2) is 0 Å². The Morgan fingerprint density at radius 2 is 1.63 bits per heavy atom. The Hall–Kier alpha value is -2.43. The lowest BCUT2D eigenvalue weighted by molar-refractivity contribution is 0.325. The van der Waals surface area contributed by atoms with Gasteiger partial charge in [0.15, 0.2) is 11.5 Å². The van der Waals surface area contributed by atoms with Crippen molar-refractivity contribution in [3.63, 3.8) is 0 Å². The highest BCUT2D eigenvalue weighted by Crippen LogP contribution is 2.43. The number of rotatable bonds is 4. The van der Waals surface area contributed by atoms with Crippen molar-refractivity contribution >= 4 is 0 Å². The maximum Gasteiger partial charge on any atom is 0.247 e. The van der Waals surface area contributed by atoms with Crippen LogP contribution in [0.25, 0.3) is 11.1 Å². The van der Waals surface area contributed by atoms with E-state index in [4.69, 9.17) is 14.2 Å². The van der Waals surface area contributed by atoms with Gasteiger partial charge in [0, 0.05) is 23.4 Å². The number of pyridine rings is 1. The van der Waals surface area contributed by atoms with Crippen LogP contribution in [0.4, 0.5) is 0 Å². The Kier molecular flexibility index (Phi) is 3.75. The van der Waals surface area contributed by atoms with E-state index < -0.39 is 0 Å². The number of methoxy groups -OCH3 is 3. The largest absolute Gasteiger partial charge is 0.493 e. The van der Waals surface area contributed by atoms with Crippen molar-refractivity contribution in [1.29, 1.82) is 0 Å². The van der Waals surface area contributed by atoms with Crippen LogP contribution >= 0.6 is 0 Å². The molecule has 100 valence electrons. The summed E-state index contributed by atoms with van der Waals surface area (Å²) in [6.07, 6.45) is 1.63. The van der Waals surface area contributed by atoms with Gasteiger partial charge in [0.2, 0.25) is 11.3 Å². The minimum atomic E-state index is -0.150. The van der Waals surface area contributed by atoms with E-state index in [1.807, 2.05) is 6.07 Å². The lowest BCUT2D eigenvalue weighted by Gasteiger charge is -2.15. The van der Waals surface area contributed by atoms with Gasteiger partial charge in [0.25, 0.3) is 0 Å². The summed E-state index contributed by atoms with van der Waals surface area (Å²) in [6, 6.07) is 6.84. The van der Waals surface area contributed by atoms with Crippen molar-refractivity contribution in [3.8, 4) is 28.4 Å². The summed E-state index contributed by atoms with van der Waals surface area (Å²) >= 11 is 0. The molecule has 19 heavy (non-hydrogen) atoms. The van der Waals surface area contributed by atoms with Gasteiger partial charge in [0.05, 0.1) is 21.3 Å². The Morgan fingerprint density at radius 3 is 2.16 bits per heavy atom. The Balaban J connectivity index is 2.63. The second kappa shape index (κ2) is 5.48. The van der Waals surface area contributed by atoms with Crippen molar-refractivity contribution in [2.75, 3.05) is 21.3 Å². The molecule has 0 aliphatic carbocycles. The molecule has 5 nitrogen and oxygen atoms in total. The van der Waals surface area contributed by atoms with Gasteiger partial charge >= 0.3 is 0 Å². The zero-order valence-corrected chi connectivity index (χ0v) is 11.0. The van der Waals surface area contributed by atoms with Gasteiger partial charge < -0.3 is 19.2 Å². The predicted octanol–water partition coefficient (Wildman–Crippen LogP) is 2.07. The van der Waals surface area contributed by atoms with Crippen LogP contribution in [0.2, 0.25) is 0 Å². The molecular weight excluding hydrogens is 246 g/mol. The summed E-state index contributed by atoms with van der Waals surface area (Å²) in [6.45, 7) is 0. The fraction of sp³-hybridized carbons (Fsp3) is 0.214. The highest BCUT2D eigenvalue weighted by atomic mass is 16.5. The molecule has 0 saturated heterocycles. The number of ether oxygens (including phenoxy) is 3. The highest BCUT2D eigenvalue weighted by molar-refractivity contribution is 5.75. The van der Waals surface area contributed by atoms with Gasteiger partial charge in [-0.15, -0.1) is 0 Å². The predicted molar refractivity (Wildman–Crippen MR) is 72.2 cm³/mol. The minimum absolute atomic E-state index is 0.150. The van der Waals surface area contributed by atoms with Crippen LogP contribution in [0.15, 0.2) is 35.3 Å². The Bertz CT molecular complexity index is 613. The molecule has 0 saturated carbocycles. The number of hydrogen-bond acceptors (Lipinski definition) is 4. The molecule has 2 rings (SSSR count). The molecule has 0 atom stereocenters. The summed E-state index contributed by atoms with van der Waals surface area (Å²) in [4.78, 5) is 13.7. The van der Waals surface area contributed by atoms with Gasteiger partial charge in [-0.3, -0.25) is 4.79 Å². The number of aromatic amines is 1. The second-order valence-electron chi connectivity index (χ2n) is 3.82. The summed E-state index contributed by atoms with van der Waals surface area (Å²) in [5.74, 6) is 1.68. The van der Waals surface area contributed by atoms with Crippen LogP contribution in [0.5, 0.6) is 17.2 Å². The highest BCUT2D eigenvalue weighted by Gasteiger charge is 2.16. The molecule has 5 heteroatoms. The smallest absolute Gasteiger partial charge is 0.247 e. The van der Waals surface area contributed by atoms with E-state index in [1.54, 1.807) is 39.7 Å². The van der Waals surface area contributed by atoms with E-state index in [9.17, 15) is 4.79 Å². The molecule has 0 bridgehead atoms. The number of aromatic nitrogens is 1. The maximum atomic E-state index is 11.1. The number of H-pyrrole nitrogens is 1. The number of benzene rings is 1. The molecule has 1 aromatic carbocycles. The molecule has 0 amide bonds. The van der Waals surface area contributed by atoms with E-state index in [2.05, 4.69) is 4.98 Å². The summed E-state index contributed by atoms with van der Waals surface area (Å²) < 4.78 is 15.9. The van der Waals surface area contributed by atoms with Crippen LogP contribution in [0.1, 0.15) is 0 Å². The van der Waals surface area contributed by atoms with E-state index >= 15 is 0 Å². The minimum Gasteiger partial charge on any atom is -0.493 e. The summed E-state index contributed by atoms with van der Waals surface area (Å²) in [5.41, 5.74) is 1.50. The Labute approximate surface area is 110 Å². The standard InChI is InChI=1S/C14H15NO4/c1-17-11-6-5-10(13(18-2)14(11)19-3)9-4-7-12(16)15-8-9/h4-8H,1-3H3,(H,15,16). The monoisotopic (exact) mass is 261 g/mol. The molecule has 0 spiro atoms. The van der Waals surface area contributed by atoms with Gasteiger partial charge in [-0.2, -0.15) is 0 Å². The molecule has 2 aromatic rings. The normalized spacial score (nSPS) is 10.1. The number of nitrogens with one attached hydrogen (secondary N) is 1. The van der Waals surface area contributed by atoms with Crippen LogP contribution in [0, 0.1) is 0 Å². The first-order chi connectivity index (χ1) is 9.21. The first-order valence-corrected chi connectivity index (χ1v) is 5.69. The fourth-order valence-electron chi connectivity index (χ4n) is 1.91. The zero-order chi connectivity index (χ0) is 13.8. The van der Waals surface area contributed by atoms with Crippen LogP contribution in [-0.2, 0) is 0 Å². The number of hydrogen-bond donors (Lipinski definition) is 1. The summed E-state index contributed by atoms with van der Waals surface area (Å²) in [5, 5.41) is 0. The molecule has 0 fully saturated rings. The molecule has 0 radical (unpaired) electrons. The van der Waals surface area contributed by atoms with Crippen LogP contribution in [0.3, 0.4) is 0 Å². The fourth-order valence-corrected chi connectivity index (χ4v) is 1.91. The van der Waals surface area contributed by atoms with E-state index in [1.165, 1.54) is 6.07 Å². The molecule has 0 aliphatic heterocycles. The molecule has 1 heterocycles. The third-order valence-corrected chi connectivity index (χ3v) is 2.80. The van der Waals surface area contributed by atoms with E-state index in [0.29, 0.717) is 17.2 Å². The topological polar surface area (TPSA) is 60.6 Å². The van der Waals surface area contributed by atoms with Crippen molar-refractivity contribution in [2.45, 2.75) is 0 Å². The zero-order valence-electron chi connectivity index (χ0n) is 11.0. The molecular formula is C14H15NO4. The van der Waals surface area contributed by atoms with Crippen molar-refractivity contribution in [2.24, 2.45) is 0 Å². The lowest BCUT2D eigenvalue weighted by Crippen LogP contribution is -2.02.